The van der Waals surface area contributed by atoms with E-state index in [4.69, 9.17) is 9.47 Å². The fourth-order valence-electron chi connectivity index (χ4n) is 2.60. The summed E-state index contributed by atoms with van der Waals surface area (Å²) in [6.45, 7) is 5.28. The lowest BCUT2D eigenvalue weighted by Gasteiger charge is -2.32. The van der Waals surface area contributed by atoms with Gasteiger partial charge in [0.15, 0.2) is 5.82 Å². The Labute approximate surface area is 140 Å². The molecule has 8 heteroatoms. The van der Waals surface area contributed by atoms with Gasteiger partial charge in [-0.3, -0.25) is 4.79 Å². The Hall–Kier alpha value is -2.48. The zero-order valence-electron chi connectivity index (χ0n) is 14.0. The van der Waals surface area contributed by atoms with Gasteiger partial charge in [-0.1, -0.05) is 0 Å². The number of carbonyl (C=O) groups is 1. The topological polar surface area (TPSA) is 82.4 Å². The van der Waals surface area contributed by atoms with Gasteiger partial charge in [0.05, 0.1) is 19.3 Å². The number of hydrogen-bond acceptors (Lipinski definition) is 6. The van der Waals surface area contributed by atoms with Gasteiger partial charge in [-0.25, -0.2) is 4.98 Å². The average molecular weight is 331 g/mol. The lowest BCUT2D eigenvalue weighted by molar-refractivity contribution is -0.0281. The van der Waals surface area contributed by atoms with Crippen LogP contribution in [0.2, 0.25) is 0 Å². The summed E-state index contributed by atoms with van der Waals surface area (Å²) in [6.07, 6.45) is 2.94. The predicted octanol–water partition coefficient (Wildman–Crippen LogP) is 1.21. The number of aryl methyl sites for hydroxylation is 1. The number of aromatic nitrogens is 4. The predicted molar refractivity (Wildman–Crippen MR) is 85.6 cm³/mol. The van der Waals surface area contributed by atoms with E-state index in [1.54, 1.807) is 34.1 Å². The molecule has 0 aromatic carbocycles. The molecule has 8 nitrogen and oxygen atoms in total. The van der Waals surface area contributed by atoms with Gasteiger partial charge >= 0.3 is 0 Å². The summed E-state index contributed by atoms with van der Waals surface area (Å²) in [5, 5.41) is 7.94. The Morgan fingerprint density at radius 1 is 1.46 bits per heavy atom. The minimum Gasteiger partial charge on any atom is -0.475 e. The molecule has 128 valence electrons. The number of hydrogen-bond donors (Lipinski definition) is 0. The molecule has 24 heavy (non-hydrogen) atoms. The quantitative estimate of drug-likeness (QED) is 0.837. The first-order valence-corrected chi connectivity index (χ1v) is 7.92. The number of nitrogens with zero attached hydrogens (tertiary/aromatic N) is 5. The molecule has 2 aromatic heterocycles. The summed E-state index contributed by atoms with van der Waals surface area (Å²) in [5.74, 6) is 1.10. The van der Waals surface area contributed by atoms with Crippen molar-refractivity contribution >= 4 is 5.91 Å². The molecule has 0 saturated carbocycles. The van der Waals surface area contributed by atoms with Crippen molar-refractivity contribution in [2.75, 3.05) is 19.7 Å². The highest BCUT2D eigenvalue weighted by Crippen LogP contribution is 2.22. The maximum atomic E-state index is 12.8. The third kappa shape index (κ3) is 3.53. The SMILES string of the molecule is CC(C)Oc1cc(C(=O)N2CCO[C@@H](c3nncn3C)C2)ccn1. The fourth-order valence-corrected chi connectivity index (χ4v) is 2.60. The number of rotatable bonds is 4. The van der Waals surface area contributed by atoms with Crippen LogP contribution >= 0.6 is 0 Å². The number of carbonyl (C=O) groups excluding carboxylic acids is 1. The molecule has 1 atom stereocenters. The van der Waals surface area contributed by atoms with Crippen LogP contribution in [-0.2, 0) is 11.8 Å². The van der Waals surface area contributed by atoms with Crippen molar-refractivity contribution in [1.82, 2.24) is 24.6 Å². The van der Waals surface area contributed by atoms with Crippen molar-refractivity contribution in [3.63, 3.8) is 0 Å². The van der Waals surface area contributed by atoms with Crippen LogP contribution in [0.5, 0.6) is 5.88 Å². The van der Waals surface area contributed by atoms with Gasteiger partial charge in [-0.15, -0.1) is 10.2 Å². The van der Waals surface area contributed by atoms with Crippen LogP contribution in [0.4, 0.5) is 0 Å². The fraction of sp³-hybridized carbons (Fsp3) is 0.500. The molecule has 1 saturated heterocycles. The molecule has 1 amide bonds. The normalized spacial score (nSPS) is 18.0. The van der Waals surface area contributed by atoms with Gasteiger partial charge in [0.1, 0.15) is 12.4 Å². The van der Waals surface area contributed by atoms with Crippen LogP contribution in [0, 0.1) is 0 Å². The summed E-state index contributed by atoms with van der Waals surface area (Å²) in [6, 6.07) is 3.37. The number of amides is 1. The Bertz CT molecular complexity index is 715. The molecule has 0 bridgehead atoms. The Kier molecular flexibility index (Phi) is 4.75. The minimum atomic E-state index is -0.275. The highest BCUT2D eigenvalue weighted by atomic mass is 16.5. The third-order valence-corrected chi connectivity index (χ3v) is 3.73. The lowest BCUT2D eigenvalue weighted by Crippen LogP contribution is -2.42. The van der Waals surface area contributed by atoms with Crippen LogP contribution in [-0.4, -0.2) is 56.4 Å². The molecule has 1 fully saturated rings. The van der Waals surface area contributed by atoms with Crippen molar-refractivity contribution in [3.05, 3.63) is 36.0 Å². The summed E-state index contributed by atoms with van der Waals surface area (Å²) in [5.41, 5.74) is 0.555. The summed E-state index contributed by atoms with van der Waals surface area (Å²) >= 11 is 0. The Morgan fingerprint density at radius 2 is 2.29 bits per heavy atom. The van der Waals surface area contributed by atoms with Gasteiger partial charge in [-0.05, 0) is 19.9 Å². The first kappa shape index (κ1) is 16.4. The number of pyridine rings is 1. The highest BCUT2D eigenvalue weighted by molar-refractivity contribution is 5.94. The second-order valence-electron chi connectivity index (χ2n) is 5.96. The molecule has 0 radical (unpaired) electrons. The van der Waals surface area contributed by atoms with Gasteiger partial charge in [0, 0.05) is 31.4 Å². The van der Waals surface area contributed by atoms with E-state index in [9.17, 15) is 4.79 Å². The maximum Gasteiger partial charge on any atom is 0.254 e. The van der Waals surface area contributed by atoms with E-state index in [0.717, 1.165) is 0 Å². The van der Waals surface area contributed by atoms with Crippen LogP contribution in [0.3, 0.4) is 0 Å². The van der Waals surface area contributed by atoms with Crippen molar-refractivity contribution in [1.29, 1.82) is 0 Å². The van der Waals surface area contributed by atoms with Crippen molar-refractivity contribution in [2.24, 2.45) is 7.05 Å². The van der Waals surface area contributed by atoms with Crippen LogP contribution < -0.4 is 4.74 Å². The third-order valence-electron chi connectivity index (χ3n) is 3.73. The van der Waals surface area contributed by atoms with Crippen LogP contribution in [0.1, 0.15) is 36.1 Å². The van der Waals surface area contributed by atoms with E-state index in [-0.39, 0.29) is 18.1 Å². The molecule has 0 N–H and O–H groups in total. The van der Waals surface area contributed by atoms with E-state index < -0.39 is 0 Å². The average Bonchev–Trinajstić information content (AvgIpc) is 3.00. The summed E-state index contributed by atoms with van der Waals surface area (Å²) in [7, 11) is 1.86. The van der Waals surface area contributed by atoms with Crippen LogP contribution in [0.15, 0.2) is 24.7 Å². The molecule has 2 aromatic rings. The standard InChI is InChI=1S/C16H21N5O3/c1-11(2)24-14-8-12(4-5-17-14)16(22)21-6-7-23-13(9-21)15-19-18-10-20(15)3/h4-5,8,10-11,13H,6-7,9H2,1-3H3/t13-/m1/s1. The molecule has 0 spiro atoms. The van der Waals surface area contributed by atoms with Gasteiger partial charge in [0.2, 0.25) is 5.88 Å². The molecule has 1 aliphatic rings. The van der Waals surface area contributed by atoms with E-state index >= 15 is 0 Å². The monoisotopic (exact) mass is 331 g/mol. The first-order chi connectivity index (χ1) is 11.5. The Balaban J connectivity index is 1.74. The first-order valence-electron chi connectivity index (χ1n) is 7.92. The molecule has 1 aliphatic heterocycles. The molecular formula is C16H21N5O3. The summed E-state index contributed by atoms with van der Waals surface area (Å²) in [4.78, 5) is 18.7. The van der Waals surface area contributed by atoms with Crippen molar-refractivity contribution < 1.29 is 14.3 Å². The van der Waals surface area contributed by atoms with Gasteiger partial charge in [-0.2, -0.15) is 0 Å². The summed E-state index contributed by atoms with van der Waals surface area (Å²) < 4.78 is 13.1. The zero-order chi connectivity index (χ0) is 17.1. The van der Waals surface area contributed by atoms with Gasteiger partial charge in [0.25, 0.3) is 5.91 Å². The van der Waals surface area contributed by atoms with Crippen molar-refractivity contribution in [2.45, 2.75) is 26.1 Å². The largest absolute Gasteiger partial charge is 0.475 e. The highest BCUT2D eigenvalue weighted by Gasteiger charge is 2.29. The second kappa shape index (κ2) is 6.96. The molecule has 3 rings (SSSR count). The minimum absolute atomic E-state index is 0.00605. The van der Waals surface area contributed by atoms with Gasteiger partial charge < -0.3 is 18.9 Å². The van der Waals surface area contributed by atoms with E-state index in [1.807, 2.05) is 20.9 Å². The molecular weight excluding hydrogens is 310 g/mol. The molecule has 0 unspecified atom stereocenters. The van der Waals surface area contributed by atoms with Crippen LogP contribution in [0.25, 0.3) is 0 Å². The lowest BCUT2D eigenvalue weighted by atomic mass is 10.2. The smallest absolute Gasteiger partial charge is 0.254 e. The molecule has 0 aliphatic carbocycles. The molecule has 3 heterocycles. The zero-order valence-corrected chi connectivity index (χ0v) is 14.0. The second-order valence-corrected chi connectivity index (χ2v) is 5.96. The number of morpholine rings is 1. The van der Waals surface area contributed by atoms with E-state index in [0.29, 0.717) is 37.0 Å². The van der Waals surface area contributed by atoms with E-state index in [1.165, 1.54) is 0 Å². The van der Waals surface area contributed by atoms with E-state index in [2.05, 4.69) is 15.2 Å². The maximum absolute atomic E-state index is 12.8. The Morgan fingerprint density at radius 3 is 3.00 bits per heavy atom. The number of ether oxygens (including phenoxy) is 2. The van der Waals surface area contributed by atoms with Crippen molar-refractivity contribution in [3.8, 4) is 5.88 Å².